The molecule has 3 N–H and O–H groups in total. The van der Waals surface area contributed by atoms with Crippen LogP contribution in [0.4, 0.5) is 0 Å². The van der Waals surface area contributed by atoms with Gasteiger partial charge in [-0.3, -0.25) is 37.3 Å². The number of ether oxygens (including phenoxy) is 4. The summed E-state index contributed by atoms with van der Waals surface area (Å²) < 4.78 is 68.2. The number of rotatable bonds is 66. The molecule has 0 amide bonds. The van der Waals surface area contributed by atoms with E-state index in [0.29, 0.717) is 31.6 Å². The summed E-state index contributed by atoms with van der Waals surface area (Å²) >= 11 is 0. The highest BCUT2D eigenvalue weighted by molar-refractivity contribution is 7.47. The highest BCUT2D eigenvalue weighted by Gasteiger charge is 2.30. The molecule has 0 aromatic heterocycles. The molecule has 0 aliphatic carbocycles. The van der Waals surface area contributed by atoms with Crippen LogP contribution in [0.2, 0.25) is 0 Å². The van der Waals surface area contributed by atoms with Gasteiger partial charge in [0.1, 0.15) is 19.3 Å². The Bertz CT molecular complexity index is 1750. The minimum Gasteiger partial charge on any atom is -0.462 e. The van der Waals surface area contributed by atoms with Crippen LogP contribution in [0, 0.1) is 23.7 Å². The summed E-state index contributed by atoms with van der Waals surface area (Å²) in [4.78, 5) is 72.5. The number of unbranched alkanes of at least 4 members (excludes halogenated alkanes) is 32. The average molecular weight is 1300 g/mol. The summed E-state index contributed by atoms with van der Waals surface area (Å²) in [5, 5.41) is 10.6. The second-order valence-corrected chi connectivity index (χ2v) is 29.7. The van der Waals surface area contributed by atoms with Crippen molar-refractivity contribution in [1.29, 1.82) is 0 Å². The fourth-order valence-corrected chi connectivity index (χ4v) is 11.9. The molecule has 88 heavy (non-hydrogen) atoms. The van der Waals surface area contributed by atoms with Crippen molar-refractivity contribution >= 4 is 39.5 Å². The normalized spacial score (nSPS) is 14.3. The number of aliphatic hydroxyl groups excluding tert-OH is 1. The average Bonchev–Trinajstić information content (AvgIpc) is 3.48. The van der Waals surface area contributed by atoms with Crippen molar-refractivity contribution < 1.29 is 80.2 Å². The molecule has 17 nitrogen and oxygen atoms in total. The van der Waals surface area contributed by atoms with Crippen LogP contribution in [0.3, 0.4) is 0 Å². The lowest BCUT2D eigenvalue weighted by Crippen LogP contribution is -2.30. The highest BCUT2D eigenvalue weighted by Crippen LogP contribution is 2.45. The van der Waals surface area contributed by atoms with Crippen LogP contribution < -0.4 is 0 Å². The van der Waals surface area contributed by atoms with Gasteiger partial charge in [-0.05, 0) is 49.4 Å². The van der Waals surface area contributed by atoms with Gasteiger partial charge in [0, 0.05) is 25.7 Å². The van der Waals surface area contributed by atoms with Gasteiger partial charge in [-0.1, -0.05) is 287 Å². The molecule has 3 unspecified atom stereocenters. The van der Waals surface area contributed by atoms with E-state index in [9.17, 15) is 43.2 Å². The minimum absolute atomic E-state index is 0.104. The Kier molecular flexibility index (Phi) is 57.6. The first-order valence-electron chi connectivity index (χ1n) is 35.7. The summed E-state index contributed by atoms with van der Waals surface area (Å²) in [6, 6.07) is 0. The molecule has 19 heteroatoms. The van der Waals surface area contributed by atoms with Crippen LogP contribution in [0.5, 0.6) is 0 Å². The zero-order valence-corrected chi connectivity index (χ0v) is 59.1. The summed E-state index contributed by atoms with van der Waals surface area (Å²) in [6.45, 7) is 14.0. The molecule has 0 aliphatic heterocycles. The number of esters is 4. The molecule has 0 aromatic rings. The maximum atomic E-state index is 13.0. The van der Waals surface area contributed by atoms with Gasteiger partial charge >= 0.3 is 39.5 Å². The zero-order chi connectivity index (χ0) is 65.4. The van der Waals surface area contributed by atoms with Gasteiger partial charge < -0.3 is 33.8 Å². The van der Waals surface area contributed by atoms with Gasteiger partial charge in [0.25, 0.3) is 0 Å². The van der Waals surface area contributed by atoms with E-state index in [4.69, 9.17) is 37.0 Å². The summed E-state index contributed by atoms with van der Waals surface area (Å²) in [6.07, 6.45) is 40.4. The van der Waals surface area contributed by atoms with Crippen molar-refractivity contribution in [2.75, 3.05) is 39.6 Å². The van der Waals surface area contributed by atoms with Crippen molar-refractivity contribution in [3.05, 3.63) is 0 Å². The molecule has 0 heterocycles. The first-order chi connectivity index (χ1) is 42.1. The predicted molar refractivity (Wildman–Crippen MR) is 354 cm³/mol. The van der Waals surface area contributed by atoms with E-state index in [-0.39, 0.29) is 25.7 Å². The number of carbonyl (C=O) groups excluding carboxylic acids is 4. The number of hydrogen-bond donors (Lipinski definition) is 3. The largest absolute Gasteiger partial charge is 0.472 e. The molecule has 0 aromatic carbocycles. The molecule has 0 spiro atoms. The number of phosphoric ester groups is 2. The van der Waals surface area contributed by atoms with E-state index in [0.717, 1.165) is 114 Å². The van der Waals surface area contributed by atoms with E-state index >= 15 is 0 Å². The van der Waals surface area contributed by atoms with Crippen molar-refractivity contribution in [2.45, 2.75) is 356 Å². The van der Waals surface area contributed by atoms with Gasteiger partial charge in [0.2, 0.25) is 0 Å². The molecule has 0 radical (unpaired) electrons. The molecule has 0 rings (SSSR count). The molecular formula is C69H134O17P2. The molecule has 522 valence electrons. The van der Waals surface area contributed by atoms with Crippen LogP contribution >= 0.6 is 15.6 Å². The van der Waals surface area contributed by atoms with Crippen LogP contribution in [-0.2, 0) is 65.4 Å². The lowest BCUT2D eigenvalue weighted by molar-refractivity contribution is -0.161. The summed E-state index contributed by atoms with van der Waals surface area (Å²) in [5.74, 6) is 0.817. The Morgan fingerprint density at radius 1 is 0.284 bits per heavy atom. The van der Waals surface area contributed by atoms with E-state index in [1.54, 1.807) is 0 Å². The molecule has 0 saturated carbocycles. The van der Waals surface area contributed by atoms with Crippen molar-refractivity contribution in [2.24, 2.45) is 23.7 Å². The van der Waals surface area contributed by atoms with Crippen molar-refractivity contribution in [1.82, 2.24) is 0 Å². The lowest BCUT2D eigenvalue weighted by Gasteiger charge is -2.21. The number of aliphatic hydroxyl groups is 1. The van der Waals surface area contributed by atoms with E-state index < -0.39 is 97.5 Å². The summed E-state index contributed by atoms with van der Waals surface area (Å²) in [7, 11) is -9.90. The number of phosphoric acid groups is 2. The van der Waals surface area contributed by atoms with E-state index in [1.165, 1.54) is 135 Å². The van der Waals surface area contributed by atoms with Crippen LogP contribution in [0.25, 0.3) is 0 Å². The SMILES string of the molecule is CC(C)CCCCCCCCCCCCCC(=O)OC[C@H](COP(=O)(O)OCC(O)COP(=O)(O)OC[C@@H](COC(=O)CCCCCCCCCC(C)C)OC(=O)CCCCCCCCCCCC(C)C)OC(=O)CCCCCCCCCCCC(C)C. The van der Waals surface area contributed by atoms with E-state index in [2.05, 4.69) is 55.4 Å². The Balaban J connectivity index is 5.26. The highest BCUT2D eigenvalue weighted by atomic mass is 31.2. The third-order valence-corrected chi connectivity index (χ3v) is 17.7. The third kappa shape index (κ3) is 62.8. The third-order valence-electron chi connectivity index (χ3n) is 15.8. The maximum Gasteiger partial charge on any atom is 0.472 e. The van der Waals surface area contributed by atoms with Crippen molar-refractivity contribution in [3.63, 3.8) is 0 Å². The molecular weight excluding hydrogens is 1160 g/mol. The van der Waals surface area contributed by atoms with Gasteiger partial charge in [0.05, 0.1) is 26.4 Å². The van der Waals surface area contributed by atoms with Crippen LogP contribution in [-0.4, -0.2) is 96.7 Å². The molecule has 5 atom stereocenters. The Morgan fingerprint density at radius 2 is 0.477 bits per heavy atom. The maximum absolute atomic E-state index is 13.0. The smallest absolute Gasteiger partial charge is 0.462 e. The van der Waals surface area contributed by atoms with Gasteiger partial charge in [-0.15, -0.1) is 0 Å². The summed E-state index contributed by atoms with van der Waals surface area (Å²) in [5.41, 5.74) is 0. The topological polar surface area (TPSA) is 237 Å². The molecule has 0 fully saturated rings. The van der Waals surface area contributed by atoms with Crippen LogP contribution in [0.1, 0.15) is 338 Å². The first kappa shape index (κ1) is 86.1. The molecule has 0 aliphatic rings. The van der Waals surface area contributed by atoms with Gasteiger partial charge in [-0.25, -0.2) is 9.13 Å². The quantitative estimate of drug-likeness (QED) is 0.0222. The number of hydrogen-bond acceptors (Lipinski definition) is 15. The van der Waals surface area contributed by atoms with Gasteiger partial charge in [0.15, 0.2) is 12.2 Å². The Hall–Kier alpha value is -1.94. The fourth-order valence-electron chi connectivity index (χ4n) is 10.3. The predicted octanol–water partition coefficient (Wildman–Crippen LogP) is 19.3. The zero-order valence-electron chi connectivity index (χ0n) is 57.3. The second kappa shape index (κ2) is 58.8. The standard InChI is InChI=1S/C69H134O17P2/c1-59(2)45-37-29-21-14-10-9-11-17-25-33-41-49-66(71)79-55-64(85-68(73)51-43-35-26-18-12-15-22-30-38-46-60(3)4)57-83-87(75,76)81-53-63(70)54-82-88(77,78)84-58-65(56-80-67(72)50-42-34-28-20-24-32-40-48-62(7)8)86-69(74)52-44-36-27-19-13-16-23-31-39-47-61(5)6/h59-65,70H,9-58H2,1-8H3,(H,75,76)(H,77,78)/t63?,64-,65-/m1/s1. The monoisotopic (exact) mass is 1300 g/mol. The molecule has 0 saturated heterocycles. The van der Waals surface area contributed by atoms with Gasteiger partial charge in [-0.2, -0.15) is 0 Å². The van der Waals surface area contributed by atoms with Crippen LogP contribution in [0.15, 0.2) is 0 Å². The van der Waals surface area contributed by atoms with Crippen molar-refractivity contribution in [3.8, 4) is 0 Å². The first-order valence-corrected chi connectivity index (χ1v) is 38.7. The van der Waals surface area contributed by atoms with E-state index in [1.807, 2.05) is 0 Å². The second-order valence-electron chi connectivity index (χ2n) is 26.8. The Morgan fingerprint density at radius 3 is 0.705 bits per heavy atom. The molecule has 0 bridgehead atoms. The minimum atomic E-state index is -4.95. The number of carbonyl (C=O) groups is 4. The lowest BCUT2D eigenvalue weighted by atomic mass is 10.0. The Labute approximate surface area is 537 Å². The fraction of sp³-hybridized carbons (Fsp3) is 0.942.